The number of hydrogen-bond donors (Lipinski definition) is 1. The van der Waals surface area contributed by atoms with Gasteiger partial charge >= 0.3 is 0 Å². The smallest absolute Gasteiger partial charge is 0.143 e. The molecular formula is C28H37BrN4OSi. The molecule has 4 rings (SSSR count). The molecule has 0 radical (unpaired) electrons. The van der Waals surface area contributed by atoms with Gasteiger partial charge in [0.25, 0.3) is 0 Å². The molecule has 2 atom stereocenters. The van der Waals surface area contributed by atoms with E-state index in [4.69, 9.17) is 9.72 Å². The molecule has 1 aliphatic rings. The highest BCUT2D eigenvalue weighted by molar-refractivity contribution is 9.12. The van der Waals surface area contributed by atoms with Crippen LogP contribution in [0.1, 0.15) is 24.5 Å². The third-order valence-electron chi connectivity index (χ3n) is 6.82. The summed E-state index contributed by atoms with van der Waals surface area (Å²) in [5.41, 5.74) is 4.29. The van der Waals surface area contributed by atoms with Gasteiger partial charge in [-0.15, -0.1) is 0 Å². The van der Waals surface area contributed by atoms with Crippen LogP contribution in [0.5, 0.6) is 0 Å². The Morgan fingerprint density at radius 1 is 1.20 bits per heavy atom. The zero-order chi connectivity index (χ0) is 24.8. The monoisotopic (exact) mass is 552 g/mol. The molecule has 35 heavy (non-hydrogen) atoms. The zero-order valence-electron chi connectivity index (χ0n) is 21.4. The summed E-state index contributed by atoms with van der Waals surface area (Å²) >= 11 is 3.28. The van der Waals surface area contributed by atoms with Crippen molar-refractivity contribution in [2.75, 3.05) is 25.0 Å². The van der Waals surface area contributed by atoms with Crippen molar-refractivity contribution >= 4 is 40.7 Å². The van der Waals surface area contributed by atoms with Crippen molar-refractivity contribution < 1.29 is 4.74 Å². The van der Waals surface area contributed by atoms with Crippen LogP contribution in [0.2, 0.25) is 25.7 Å². The van der Waals surface area contributed by atoms with Crippen LogP contribution in [0, 0.1) is 16.7 Å². The van der Waals surface area contributed by atoms with E-state index >= 15 is 0 Å². The lowest BCUT2D eigenvalue weighted by Crippen LogP contribution is -2.46. The Morgan fingerprint density at radius 3 is 2.74 bits per heavy atom. The van der Waals surface area contributed by atoms with Crippen LogP contribution in [-0.4, -0.2) is 48.3 Å². The fourth-order valence-electron chi connectivity index (χ4n) is 4.58. The molecule has 0 unspecified atom stereocenters. The second-order valence-electron chi connectivity index (χ2n) is 10.9. The van der Waals surface area contributed by atoms with Crippen LogP contribution in [-0.2, 0) is 18.0 Å². The van der Waals surface area contributed by atoms with Crippen molar-refractivity contribution in [3.63, 3.8) is 0 Å². The number of rotatable bonds is 9. The predicted octanol–water partition coefficient (Wildman–Crippen LogP) is 6.38. The fourth-order valence-corrected chi connectivity index (χ4v) is 5.55. The Morgan fingerprint density at radius 2 is 2.00 bits per heavy atom. The molecule has 1 saturated heterocycles. The molecule has 3 heterocycles. The Bertz CT molecular complexity index is 1180. The number of halogens is 1. The molecule has 0 spiro atoms. The number of pyridine rings is 1. The van der Waals surface area contributed by atoms with Gasteiger partial charge in [0, 0.05) is 67.5 Å². The van der Waals surface area contributed by atoms with Crippen LogP contribution < -0.4 is 5.32 Å². The number of ether oxygens (including phenoxy) is 1. The second kappa shape index (κ2) is 11.7. The lowest BCUT2D eigenvalue weighted by Gasteiger charge is -2.38. The SMILES string of the molecule is C[C@@H]1CCN(Cc2ccccc2)C[C@@H]1Nc1c(C#CBr)cnc2c1ccn2COCC[Si](C)(C)C. The van der Waals surface area contributed by atoms with Gasteiger partial charge in [-0.05, 0) is 41.4 Å². The standard InChI is InChI=1S/C28H37BrN4OSi/c1-22-11-14-32(19-23-8-6-5-7-9-23)20-26(22)31-27-24(10-13-29)18-30-28-25(27)12-15-33(28)21-34-16-17-35(2,3)4/h5-9,12,15,18,22,26H,11,14,16-17,19-21H2,1-4H3,(H,30,31)/t22-,26+/m1/s1. The first-order valence-electron chi connectivity index (χ1n) is 12.5. The van der Waals surface area contributed by atoms with Gasteiger partial charge in [0.15, 0.2) is 0 Å². The van der Waals surface area contributed by atoms with E-state index in [1.54, 1.807) is 0 Å². The van der Waals surface area contributed by atoms with E-state index in [-0.39, 0.29) is 0 Å². The molecule has 3 aromatic rings. The topological polar surface area (TPSA) is 42.3 Å². The summed E-state index contributed by atoms with van der Waals surface area (Å²) in [4.78, 5) is 10.2. The van der Waals surface area contributed by atoms with E-state index in [2.05, 4.69) is 111 Å². The Kier molecular flexibility index (Phi) is 8.71. The minimum atomic E-state index is -1.10. The number of anilines is 1. The fraction of sp³-hybridized carbons (Fsp3) is 0.464. The molecule has 5 nitrogen and oxygen atoms in total. The summed E-state index contributed by atoms with van der Waals surface area (Å²) in [7, 11) is -1.10. The molecule has 7 heteroatoms. The lowest BCUT2D eigenvalue weighted by molar-refractivity contribution is 0.0899. The molecule has 0 bridgehead atoms. The predicted molar refractivity (Wildman–Crippen MR) is 153 cm³/mol. The first-order chi connectivity index (χ1) is 16.8. The first kappa shape index (κ1) is 26.0. The molecule has 1 aromatic carbocycles. The summed E-state index contributed by atoms with van der Waals surface area (Å²) in [6.07, 6.45) is 5.13. The van der Waals surface area contributed by atoms with Crippen LogP contribution in [0.3, 0.4) is 0 Å². The molecule has 0 amide bonds. The number of nitrogens with one attached hydrogen (secondary N) is 1. The molecular weight excluding hydrogens is 516 g/mol. The minimum absolute atomic E-state index is 0.338. The van der Waals surface area contributed by atoms with Crippen molar-refractivity contribution in [2.24, 2.45) is 5.92 Å². The van der Waals surface area contributed by atoms with Crippen molar-refractivity contribution in [2.45, 2.75) is 58.3 Å². The first-order valence-corrected chi connectivity index (χ1v) is 17.0. The van der Waals surface area contributed by atoms with Gasteiger partial charge in [-0.25, -0.2) is 4.98 Å². The Labute approximate surface area is 219 Å². The highest BCUT2D eigenvalue weighted by Crippen LogP contribution is 2.30. The number of likely N-dealkylation sites (tertiary alicyclic amines) is 1. The van der Waals surface area contributed by atoms with Crippen LogP contribution in [0.4, 0.5) is 5.69 Å². The van der Waals surface area contributed by atoms with Crippen molar-refractivity contribution in [1.82, 2.24) is 14.5 Å². The number of piperidine rings is 1. The number of benzene rings is 1. The van der Waals surface area contributed by atoms with Gasteiger partial charge in [0.05, 0.1) is 11.3 Å². The molecule has 186 valence electrons. The highest BCUT2D eigenvalue weighted by Gasteiger charge is 2.27. The van der Waals surface area contributed by atoms with Crippen LogP contribution in [0.25, 0.3) is 11.0 Å². The van der Waals surface area contributed by atoms with Crippen LogP contribution in [0.15, 0.2) is 48.8 Å². The quantitative estimate of drug-likeness (QED) is 0.190. The number of nitrogens with zero attached hydrogens (tertiary/aromatic N) is 3. The third-order valence-corrected chi connectivity index (χ3v) is 8.72. The maximum absolute atomic E-state index is 6.01. The summed E-state index contributed by atoms with van der Waals surface area (Å²) < 4.78 is 8.11. The maximum atomic E-state index is 6.01. The number of hydrogen-bond acceptors (Lipinski definition) is 4. The number of fused-ring (bicyclic) bond motifs is 1. The van der Waals surface area contributed by atoms with E-state index < -0.39 is 8.07 Å². The van der Waals surface area contributed by atoms with Gasteiger partial charge in [0.1, 0.15) is 12.4 Å². The lowest BCUT2D eigenvalue weighted by atomic mass is 9.92. The maximum Gasteiger partial charge on any atom is 0.143 e. The normalized spacial score (nSPS) is 18.9. The average molecular weight is 554 g/mol. The van der Waals surface area contributed by atoms with Crippen molar-refractivity contribution in [3.8, 4) is 10.8 Å². The summed E-state index contributed by atoms with van der Waals surface area (Å²) in [6.45, 7) is 13.9. The molecule has 0 aliphatic carbocycles. The summed E-state index contributed by atoms with van der Waals surface area (Å²) in [5.74, 6) is 3.77. The zero-order valence-corrected chi connectivity index (χ0v) is 23.9. The van der Waals surface area contributed by atoms with Gasteiger partial charge < -0.3 is 14.6 Å². The number of aromatic nitrogens is 2. The molecule has 1 fully saturated rings. The van der Waals surface area contributed by atoms with Gasteiger partial charge in [0.2, 0.25) is 0 Å². The molecule has 1 N–H and O–H groups in total. The Hall–Kier alpha value is -2.11. The van der Waals surface area contributed by atoms with Gasteiger partial charge in [-0.1, -0.05) is 62.8 Å². The molecule has 0 saturated carbocycles. The molecule has 1 aliphatic heterocycles. The molecule has 2 aromatic heterocycles. The van der Waals surface area contributed by atoms with E-state index in [0.29, 0.717) is 18.7 Å². The van der Waals surface area contributed by atoms with Crippen molar-refractivity contribution in [1.29, 1.82) is 0 Å². The summed E-state index contributed by atoms with van der Waals surface area (Å²) in [6, 6.07) is 14.4. The van der Waals surface area contributed by atoms with Crippen molar-refractivity contribution in [3.05, 3.63) is 59.9 Å². The van der Waals surface area contributed by atoms with E-state index in [9.17, 15) is 0 Å². The van der Waals surface area contributed by atoms with Crippen LogP contribution >= 0.6 is 15.9 Å². The second-order valence-corrected chi connectivity index (χ2v) is 16.9. The summed E-state index contributed by atoms with van der Waals surface area (Å²) in [5, 5.41) is 4.99. The highest BCUT2D eigenvalue weighted by atomic mass is 79.9. The largest absolute Gasteiger partial charge is 0.379 e. The average Bonchev–Trinajstić information content (AvgIpc) is 3.24. The van der Waals surface area contributed by atoms with Gasteiger partial charge in [-0.3, -0.25) is 4.90 Å². The van der Waals surface area contributed by atoms with E-state index in [1.807, 2.05) is 6.20 Å². The van der Waals surface area contributed by atoms with E-state index in [1.165, 1.54) is 12.0 Å². The van der Waals surface area contributed by atoms with Gasteiger partial charge in [-0.2, -0.15) is 0 Å². The Balaban J connectivity index is 1.52. The third kappa shape index (κ3) is 6.98. The minimum Gasteiger partial charge on any atom is -0.379 e. The van der Waals surface area contributed by atoms with E-state index in [0.717, 1.165) is 54.6 Å².